The van der Waals surface area contributed by atoms with E-state index in [9.17, 15) is 13.2 Å². The van der Waals surface area contributed by atoms with Crippen LogP contribution in [0, 0.1) is 0 Å². The molecule has 0 saturated carbocycles. The van der Waals surface area contributed by atoms with Crippen LogP contribution in [-0.4, -0.2) is 76.0 Å². The van der Waals surface area contributed by atoms with E-state index in [0.717, 1.165) is 18.4 Å². The molecule has 0 atom stereocenters. The van der Waals surface area contributed by atoms with Crippen LogP contribution in [-0.2, 0) is 21.2 Å². The Morgan fingerprint density at radius 3 is 2.39 bits per heavy atom. The lowest BCUT2D eigenvalue weighted by Crippen LogP contribution is -2.51. The molecule has 8 nitrogen and oxygen atoms in total. The molecule has 1 fully saturated rings. The van der Waals surface area contributed by atoms with Crippen molar-refractivity contribution in [2.75, 3.05) is 52.5 Å². The Morgan fingerprint density at radius 2 is 1.67 bits per heavy atom. The second-order valence-corrected chi connectivity index (χ2v) is 10.4. The molecule has 1 N–H and O–H groups in total. The van der Waals surface area contributed by atoms with Gasteiger partial charge in [0.1, 0.15) is 0 Å². The molecule has 0 aromatic heterocycles. The third-order valence-electron chi connectivity index (χ3n) is 5.70. The van der Waals surface area contributed by atoms with E-state index in [1.54, 1.807) is 12.1 Å². The van der Waals surface area contributed by atoms with E-state index in [4.69, 9.17) is 21.1 Å². The summed E-state index contributed by atoms with van der Waals surface area (Å²) in [6.07, 6.45) is 1.48. The molecule has 4 rings (SSSR count). The van der Waals surface area contributed by atoms with Gasteiger partial charge in [0.15, 0.2) is 11.5 Å². The van der Waals surface area contributed by atoms with Crippen molar-refractivity contribution in [3.63, 3.8) is 0 Å². The standard InChI is InChI=1S/C23H28ClN3O5S/c24-19-4-2-18(3-5-19)8-9-25-23(28)17-26-10-12-27(13-11-26)33(29,30)20-6-7-21-22(16-20)32-15-1-14-31-21/h2-7,16H,1,8-15,17H2,(H,25,28). The maximum atomic E-state index is 13.1. The van der Waals surface area contributed by atoms with Crippen LogP contribution in [0.15, 0.2) is 47.4 Å². The molecule has 1 saturated heterocycles. The van der Waals surface area contributed by atoms with Crippen molar-refractivity contribution in [1.29, 1.82) is 0 Å². The first-order valence-corrected chi connectivity index (χ1v) is 12.9. The van der Waals surface area contributed by atoms with E-state index < -0.39 is 10.0 Å². The average Bonchev–Trinajstić information content (AvgIpc) is 3.06. The van der Waals surface area contributed by atoms with Gasteiger partial charge >= 0.3 is 0 Å². The van der Waals surface area contributed by atoms with Gasteiger partial charge in [0.05, 0.1) is 24.7 Å². The number of fused-ring (bicyclic) bond motifs is 1. The van der Waals surface area contributed by atoms with Crippen molar-refractivity contribution in [3.05, 3.63) is 53.1 Å². The highest BCUT2D eigenvalue weighted by atomic mass is 35.5. The molecule has 0 unspecified atom stereocenters. The first-order valence-electron chi connectivity index (χ1n) is 11.0. The zero-order valence-corrected chi connectivity index (χ0v) is 19.9. The van der Waals surface area contributed by atoms with E-state index in [-0.39, 0.29) is 17.3 Å². The molecule has 0 spiro atoms. The molecular formula is C23H28ClN3O5S. The number of nitrogens with zero attached hydrogens (tertiary/aromatic N) is 2. The predicted molar refractivity (Wildman–Crippen MR) is 125 cm³/mol. The predicted octanol–water partition coefficient (Wildman–Crippen LogP) is 2.17. The van der Waals surface area contributed by atoms with Gasteiger partial charge in [0, 0.05) is 50.2 Å². The molecule has 10 heteroatoms. The number of sulfonamides is 1. The fourth-order valence-corrected chi connectivity index (χ4v) is 5.40. The summed E-state index contributed by atoms with van der Waals surface area (Å²) in [5.41, 5.74) is 1.10. The summed E-state index contributed by atoms with van der Waals surface area (Å²) in [5.74, 6) is 0.962. The summed E-state index contributed by atoms with van der Waals surface area (Å²) in [6, 6.07) is 12.3. The minimum Gasteiger partial charge on any atom is -0.490 e. The van der Waals surface area contributed by atoms with Crippen LogP contribution in [0.25, 0.3) is 0 Å². The SMILES string of the molecule is O=C(CN1CCN(S(=O)(=O)c2ccc3c(c2)OCCCO3)CC1)NCCc1ccc(Cl)cc1. The number of rotatable bonds is 7. The lowest BCUT2D eigenvalue weighted by Gasteiger charge is -2.33. The van der Waals surface area contributed by atoms with Gasteiger partial charge in [-0.05, 0) is 36.2 Å². The molecular weight excluding hydrogens is 466 g/mol. The largest absolute Gasteiger partial charge is 0.490 e. The van der Waals surface area contributed by atoms with Crippen molar-refractivity contribution in [2.45, 2.75) is 17.7 Å². The monoisotopic (exact) mass is 493 g/mol. The van der Waals surface area contributed by atoms with E-state index in [1.807, 2.05) is 29.2 Å². The molecule has 2 aromatic carbocycles. The molecule has 2 aliphatic rings. The quantitative estimate of drug-likeness (QED) is 0.636. The Balaban J connectivity index is 1.25. The minimum atomic E-state index is -3.65. The van der Waals surface area contributed by atoms with Gasteiger partial charge in [-0.2, -0.15) is 4.31 Å². The first kappa shape index (κ1) is 23.8. The van der Waals surface area contributed by atoms with Crippen molar-refractivity contribution in [1.82, 2.24) is 14.5 Å². The third kappa shape index (κ3) is 6.17. The van der Waals surface area contributed by atoms with Gasteiger partial charge in [0.2, 0.25) is 15.9 Å². The maximum Gasteiger partial charge on any atom is 0.243 e. The zero-order valence-electron chi connectivity index (χ0n) is 18.3. The number of halogens is 1. The lowest BCUT2D eigenvalue weighted by molar-refractivity contribution is -0.122. The number of amides is 1. The van der Waals surface area contributed by atoms with Crippen LogP contribution in [0.3, 0.4) is 0 Å². The second-order valence-electron chi connectivity index (χ2n) is 8.07. The highest BCUT2D eigenvalue weighted by Crippen LogP contribution is 2.33. The minimum absolute atomic E-state index is 0.0665. The Labute approximate surface area is 199 Å². The average molecular weight is 494 g/mol. The Morgan fingerprint density at radius 1 is 0.970 bits per heavy atom. The van der Waals surface area contributed by atoms with Gasteiger partial charge in [0.25, 0.3) is 0 Å². The van der Waals surface area contributed by atoms with Crippen molar-refractivity contribution in [3.8, 4) is 11.5 Å². The topological polar surface area (TPSA) is 88.2 Å². The van der Waals surface area contributed by atoms with E-state index in [2.05, 4.69) is 5.32 Å². The summed E-state index contributed by atoms with van der Waals surface area (Å²) < 4.78 is 38.9. The van der Waals surface area contributed by atoms with Gasteiger partial charge in [-0.1, -0.05) is 23.7 Å². The number of piperazine rings is 1. The zero-order chi connectivity index (χ0) is 23.3. The number of nitrogens with one attached hydrogen (secondary N) is 1. The summed E-state index contributed by atoms with van der Waals surface area (Å²) in [7, 11) is -3.65. The van der Waals surface area contributed by atoms with Crippen LogP contribution in [0.4, 0.5) is 0 Å². The van der Waals surface area contributed by atoms with E-state index in [0.29, 0.717) is 62.5 Å². The summed E-state index contributed by atoms with van der Waals surface area (Å²) in [5, 5.41) is 3.61. The van der Waals surface area contributed by atoms with Crippen molar-refractivity contribution in [2.24, 2.45) is 0 Å². The fraction of sp³-hybridized carbons (Fsp3) is 0.435. The number of carbonyl (C=O) groups excluding carboxylic acids is 1. The number of carbonyl (C=O) groups is 1. The molecule has 0 bridgehead atoms. The molecule has 2 heterocycles. The van der Waals surface area contributed by atoms with Gasteiger partial charge < -0.3 is 14.8 Å². The molecule has 0 radical (unpaired) electrons. The molecule has 33 heavy (non-hydrogen) atoms. The summed E-state index contributed by atoms with van der Waals surface area (Å²) in [6.45, 7) is 3.48. The Hall–Kier alpha value is -2.33. The molecule has 178 valence electrons. The molecule has 2 aliphatic heterocycles. The highest BCUT2D eigenvalue weighted by Gasteiger charge is 2.30. The highest BCUT2D eigenvalue weighted by molar-refractivity contribution is 7.89. The van der Waals surface area contributed by atoms with Crippen LogP contribution in [0.2, 0.25) is 5.02 Å². The Bertz CT molecular complexity index is 1070. The Kier molecular flexibility index (Phi) is 7.75. The van der Waals surface area contributed by atoms with Gasteiger partial charge in [-0.15, -0.1) is 0 Å². The van der Waals surface area contributed by atoms with Gasteiger partial charge in [-0.3, -0.25) is 9.69 Å². The lowest BCUT2D eigenvalue weighted by atomic mass is 10.1. The van der Waals surface area contributed by atoms with Crippen LogP contribution < -0.4 is 14.8 Å². The molecule has 1 amide bonds. The maximum absolute atomic E-state index is 13.1. The van der Waals surface area contributed by atoms with E-state index >= 15 is 0 Å². The number of ether oxygens (including phenoxy) is 2. The van der Waals surface area contributed by atoms with Crippen LogP contribution >= 0.6 is 11.6 Å². The second kappa shape index (κ2) is 10.7. The van der Waals surface area contributed by atoms with Gasteiger partial charge in [-0.25, -0.2) is 8.42 Å². The van der Waals surface area contributed by atoms with Crippen LogP contribution in [0.1, 0.15) is 12.0 Å². The third-order valence-corrected chi connectivity index (χ3v) is 7.85. The summed E-state index contributed by atoms with van der Waals surface area (Å²) >= 11 is 5.89. The summed E-state index contributed by atoms with van der Waals surface area (Å²) in [4.78, 5) is 14.5. The smallest absolute Gasteiger partial charge is 0.243 e. The van der Waals surface area contributed by atoms with Crippen molar-refractivity contribution >= 4 is 27.5 Å². The number of benzene rings is 2. The number of hydrogen-bond acceptors (Lipinski definition) is 6. The molecule has 2 aromatic rings. The first-order chi connectivity index (χ1) is 15.9. The molecule has 0 aliphatic carbocycles. The fourth-order valence-electron chi connectivity index (χ4n) is 3.84. The number of hydrogen-bond donors (Lipinski definition) is 1. The van der Waals surface area contributed by atoms with E-state index in [1.165, 1.54) is 10.4 Å². The normalized spacial score (nSPS) is 17.4. The van der Waals surface area contributed by atoms with Crippen LogP contribution in [0.5, 0.6) is 11.5 Å². The van der Waals surface area contributed by atoms with Crippen molar-refractivity contribution < 1.29 is 22.7 Å².